The van der Waals surface area contributed by atoms with Gasteiger partial charge in [0, 0.05) is 18.0 Å². The van der Waals surface area contributed by atoms with Crippen LogP contribution in [0.5, 0.6) is 0 Å². The molecule has 0 radical (unpaired) electrons. The summed E-state index contributed by atoms with van der Waals surface area (Å²) in [7, 11) is 0. The molecule has 1 heterocycles. The zero-order chi connectivity index (χ0) is 14.5. The molecule has 1 saturated carbocycles. The van der Waals surface area contributed by atoms with Gasteiger partial charge in [-0.05, 0) is 31.1 Å². The van der Waals surface area contributed by atoms with Gasteiger partial charge in [-0.2, -0.15) is 0 Å². The highest BCUT2D eigenvalue weighted by molar-refractivity contribution is 7.09. The number of carbonyl (C=O) groups excluding carboxylic acids is 1. The van der Waals surface area contributed by atoms with Crippen LogP contribution >= 0.6 is 23.7 Å². The number of hydrogen-bond acceptors (Lipinski definition) is 4. The van der Waals surface area contributed by atoms with Crippen molar-refractivity contribution in [3.05, 3.63) is 16.1 Å². The minimum atomic E-state index is -0.0394. The fraction of sp³-hybridized carbons (Fsp3) is 0.733. The highest BCUT2D eigenvalue weighted by Gasteiger charge is 2.29. The molecule has 2 rings (SSSR count). The van der Waals surface area contributed by atoms with E-state index in [-0.39, 0.29) is 18.3 Å². The molecule has 2 atom stereocenters. The van der Waals surface area contributed by atoms with Crippen LogP contribution in [0, 0.1) is 11.8 Å². The average Bonchev–Trinajstić information content (AvgIpc) is 3.04. The molecule has 0 bridgehead atoms. The van der Waals surface area contributed by atoms with Gasteiger partial charge in [-0.15, -0.1) is 23.7 Å². The highest BCUT2D eigenvalue weighted by Crippen LogP contribution is 2.30. The first-order chi connectivity index (χ1) is 9.60. The lowest BCUT2D eigenvalue weighted by Gasteiger charge is -2.21. The van der Waals surface area contributed by atoms with Crippen molar-refractivity contribution in [3.63, 3.8) is 0 Å². The maximum Gasteiger partial charge on any atom is 0.270 e. The first kappa shape index (κ1) is 18.4. The predicted molar refractivity (Wildman–Crippen MR) is 89.9 cm³/mol. The van der Waals surface area contributed by atoms with Gasteiger partial charge in [-0.1, -0.05) is 26.7 Å². The Hall–Kier alpha value is -0.650. The second kappa shape index (κ2) is 8.71. The molecule has 0 aromatic carbocycles. The number of nitrogens with one attached hydrogen (secondary N) is 1. The van der Waals surface area contributed by atoms with Gasteiger partial charge in [0.25, 0.3) is 5.91 Å². The van der Waals surface area contributed by atoms with Crippen LogP contribution in [0.1, 0.15) is 61.4 Å². The van der Waals surface area contributed by atoms with Crippen LogP contribution in [0.2, 0.25) is 0 Å². The molecule has 1 aliphatic carbocycles. The summed E-state index contributed by atoms with van der Waals surface area (Å²) in [6, 6.07) is 0.323. The summed E-state index contributed by atoms with van der Waals surface area (Å²) in [4.78, 5) is 16.5. The number of hydrogen-bond donors (Lipinski definition) is 2. The standard InChI is InChI=1S/C15H25N3OS.ClH/c1-10(2)6-7-11-4-3-5-12(11)18-15(19)13-9-20-14(8-16)17-13;/h9-12H,3-8,16H2,1-2H3,(H,18,19);1H. The number of amides is 1. The van der Waals surface area contributed by atoms with Gasteiger partial charge in [0.1, 0.15) is 10.7 Å². The topological polar surface area (TPSA) is 68.0 Å². The molecule has 1 aromatic heterocycles. The van der Waals surface area contributed by atoms with E-state index in [4.69, 9.17) is 5.73 Å². The molecule has 1 aromatic rings. The molecule has 0 saturated heterocycles. The Bertz CT molecular complexity index is 450. The molecule has 6 heteroatoms. The lowest BCUT2D eigenvalue weighted by molar-refractivity contribution is 0.0921. The molecule has 0 spiro atoms. The van der Waals surface area contributed by atoms with E-state index >= 15 is 0 Å². The average molecular weight is 332 g/mol. The normalized spacial score (nSPS) is 21.3. The number of rotatable bonds is 6. The summed E-state index contributed by atoms with van der Waals surface area (Å²) < 4.78 is 0. The molecule has 1 aliphatic rings. The number of thiazole rings is 1. The van der Waals surface area contributed by atoms with Crippen LogP contribution in [-0.4, -0.2) is 16.9 Å². The van der Waals surface area contributed by atoms with Crippen molar-refractivity contribution in [2.75, 3.05) is 0 Å². The fourth-order valence-electron chi connectivity index (χ4n) is 2.87. The number of nitrogens with two attached hydrogens (primary N) is 1. The van der Waals surface area contributed by atoms with E-state index in [1.165, 1.54) is 37.0 Å². The lowest BCUT2D eigenvalue weighted by Crippen LogP contribution is -2.37. The quantitative estimate of drug-likeness (QED) is 0.839. The van der Waals surface area contributed by atoms with Crippen molar-refractivity contribution in [2.24, 2.45) is 17.6 Å². The predicted octanol–water partition coefficient (Wildman–Crippen LogP) is 3.36. The molecule has 120 valence electrons. The molecule has 4 nitrogen and oxygen atoms in total. The Morgan fingerprint density at radius 1 is 1.52 bits per heavy atom. The van der Waals surface area contributed by atoms with Crippen molar-refractivity contribution in [2.45, 2.75) is 58.5 Å². The zero-order valence-corrected chi connectivity index (χ0v) is 14.4. The van der Waals surface area contributed by atoms with E-state index in [1.807, 2.05) is 0 Å². The van der Waals surface area contributed by atoms with Crippen molar-refractivity contribution in [1.82, 2.24) is 10.3 Å². The van der Waals surface area contributed by atoms with Gasteiger partial charge in [0.2, 0.25) is 0 Å². The Labute approximate surface area is 137 Å². The van der Waals surface area contributed by atoms with E-state index in [2.05, 4.69) is 24.1 Å². The van der Waals surface area contributed by atoms with Crippen LogP contribution in [0.3, 0.4) is 0 Å². The minimum Gasteiger partial charge on any atom is -0.348 e. The second-order valence-electron chi connectivity index (χ2n) is 6.07. The van der Waals surface area contributed by atoms with E-state index in [0.717, 1.165) is 17.3 Å². The molecule has 3 N–H and O–H groups in total. The van der Waals surface area contributed by atoms with Crippen LogP contribution in [-0.2, 0) is 6.54 Å². The molecule has 21 heavy (non-hydrogen) atoms. The minimum absolute atomic E-state index is 0. The van der Waals surface area contributed by atoms with Crippen LogP contribution in [0.15, 0.2) is 5.38 Å². The van der Waals surface area contributed by atoms with E-state index in [1.54, 1.807) is 5.38 Å². The molecule has 1 fully saturated rings. The third-order valence-electron chi connectivity index (χ3n) is 4.05. The zero-order valence-electron chi connectivity index (χ0n) is 12.8. The third kappa shape index (κ3) is 5.24. The van der Waals surface area contributed by atoms with E-state index < -0.39 is 0 Å². The highest BCUT2D eigenvalue weighted by atomic mass is 35.5. The molecule has 0 aliphatic heterocycles. The van der Waals surface area contributed by atoms with Crippen molar-refractivity contribution < 1.29 is 4.79 Å². The monoisotopic (exact) mass is 331 g/mol. The van der Waals surface area contributed by atoms with Crippen molar-refractivity contribution >= 4 is 29.7 Å². The SMILES string of the molecule is CC(C)CCC1CCCC1NC(=O)c1csc(CN)n1.Cl. The van der Waals surface area contributed by atoms with Crippen LogP contribution in [0.25, 0.3) is 0 Å². The number of halogens is 1. The Kier molecular flexibility index (Phi) is 7.63. The number of nitrogens with zero attached hydrogens (tertiary/aromatic N) is 1. The maximum atomic E-state index is 12.2. The smallest absolute Gasteiger partial charge is 0.270 e. The summed E-state index contributed by atoms with van der Waals surface area (Å²) in [6.45, 7) is 4.91. The summed E-state index contributed by atoms with van der Waals surface area (Å²) in [5.74, 6) is 1.33. The van der Waals surface area contributed by atoms with E-state index in [0.29, 0.717) is 24.2 Å². The first-order valence-corrected chi connectivity index (χ1v) is 8.43. The Morgan fingerprint density at radius 2 is 2.29 bits per heavy atom. The molecular weight excluding hydrogens is 306 g/mol. The summed E-state index contributed by atoms with van der Waals surface area (Å²) in [6.07, 6.45) is 6.02. The van der Waals surface area contributed by atoms with Gasteiger partial charge >= 0.3 is 0 Å². The molecule has 1 amide bonds. The van der Waals surface area contributed by atoms with Gasteiger partial charge in [-0.3, -0.25) is 4.79 Å². The van der Waals surface area contributed by atoms with Gasteiger partial charge in [0.05, 0.1) is 0 Å². The van der Waals surface area contributed by atoms with Crippen LogP contribution < -0.4 is 11.1 Å². The second-order valence-corrected chi connectivity index (χ2v) is 7.02. The number of aromatic nitrogens is 1. The van der Waals surface area contributed by atoms with Gasteiger partial charge in [-0.25, -0.2) is 4.98 Å². The molecular formula is C15H26ClN3OS. The summed E-state index contributed by atoms with van der Waals surface area (Å²) >= 11 is 1.45. The fourth-order valence-corrected chi connectivity index (χ4v) is 3.53. The Morgan fingerprint density at radius 3 is 2.90 bits per heavy atom. The van der Waals surface area contributed by atoms with Gasteiger partial charge < -0.3 is 11.1 Å². The first-order valence-electron chi connectivity index (χ1n) is 7.55. The van der Waals surface area contributed by atoms with Gasteiger partial charge in [0.15, 0.2) is 0 Å². The summed E-state index contributed by atoms with van der Waals surface area (Å²) in [5, 5.41) is 5.79. The van der Waals surface area contributed by atoms with E-state index in [9.17, 15) is 4.79 Å². The largest absolute Gasteiger partial charge is 0.348 e. The van der Waals surface area contributed by atoms with Crippen molar-refractivity contribution in [1.29, 1.82) is 0 Å². The Balaban J connectivity index is 0.00000220. The molecule has 2 unspecified atom stereocenters. The van der Waals surface area contributed by atoms with Crippen LogP contribution in [0.4, 0.5) is 0 Å². The summed E-state index contributed by atoms with van der Waals surface area (Å²) in [5.41, 5.74) is 6.05. The third-order valence-corrected chi connectivity index (χ3v) is 4.92. The number of carbonyl (C=O) groups is 1. The van der Waals surface area contributed by atoms with Crippen molar-refractivity contribution in [3.8, 4) is 0 Å². The lowest BCUT2D eigenvalue weighted by atomic mass is 9.93. The maximum absolute atomic E-state index is 12.2.